The van der Waals surface area contributed by atoms with Gasteiger partial charge in [0.15, 0.2) is 0 Å². The maximum absolute atomic E-state index is 14.7. The third-order valence-electron chi connectivity index (χ3n) is 5.25. The van der Waals surface area contributed by atoms with Crippen molar-refractivity contribution < 1.29 is 33.4 Å². The van der Waals surface area contributed by atoms with Gasteiger partial charge in [-0.05, 0) is 43.2 Å². The maximum atomic E-state index is 14.7. The number of fused-ring (bicyclic) bond motifs is 1. The van der Waals surface area contributed by atoms with E-state index in [1.54, 1.807) is 32.2 Å². The smallest absolute Gasteiger partial charge is 0.326 e. The number of aromatic nitrogens is 2. The first-order valence-electron chi connectivity index (χ1n) is 10.4. The summed E-state index contributed by atoms with van der Waals surface area (Å²) in [6, 6.07) is 5.22. The van der Waals surface area contributed by atoms with Gasteiger partial charge in [0.25, 0.3) is 11.5 Å². The predicted octanol–water partition coefficient (Wildman–Crippen LogP) is 2.19. The van der Waals surface area contributed by atoms with Gasteiger partial charge >= 0.3 is 11.9 Å². The van der Waals surface area contributed by atoms with E-state index in [2.05, 4.69) is 9.97 Å². The van der Waals surface area contributed by atoms with E-state index < -0.39 is 53.9 Å². The minimum Gasteiger partial charge on any atom is -0.481 e. The zero-order valence-corrected chi connectivity index (χ0v) is 18.8. The van der Waals surface area contributed by atoms with Gasteiger partial charge in [0, 0.05) is 25.7 Å². The molecule has 10 nitrogen and oxygen atoms in total. The third kappa shape index (κ3) is 5.96. The topological polar surface area (TPSA) is 153 Å². The highest BCUT2D eigenvalue weighted by Crippen LogP contribution is 2.24. The van der Waals surface area contributed by atoms with Crippen LogP contribution in [0.15, 0.2) is 35.1 Å². The van der Waals surface area contributed by atoms with Crippen molar-refractivity contribution in [3.05, 3.63) is 69.3 Å². The Kier molecular flexibility index (Phi) is 7.43. The number of aryl methyl sites for hydroxylation is 1. The van der Waals surface area contributed by atoms with Crippen LogP contribution in [0, 0.1) is 18.6 Å². The van der Waals surface area contributed by atoms with Gasteiger partial charge in [-0.25, -0.2) is 18.6 Å². The Morgan fingerprint density at radius 3 is 2.40 bits per heavy atom. The average molecular weight is 488 g/mol. The van der Waals surface area contributed by atoms with Gasteiger partial charge < -0.3 is 25.4 Å². The lowest BCUT2D eigenvalue weighted by molar-refractivity contribution is -0.140. The van der Waals surface area contributed by atoms with Gasteiger partial charge in [-0.3, -0.25) is 14.4 Å². The van der Waals surface area contributed by atoms with E-state index in [0.717, 1.165) is 12.1 Å². The van der Waals surface area contributed by atoms with E-state index in [-0.39, 0.29) is 17.8 Å². The second kappa shape index (κ2) is 10.3. The number of hydrogen-bond acceptors (Lipinski definition) is 6. The molecule has 0 unspecified atom stereocenters. The molecule has 1 heterocycles. The summed E-state index contributed by atoms with van der Waals surface area (Å²) in [5.74, 6) is -6.10. The Bertz CT molecular complexity index is 1350. The van der Waals surface area contributed by atoms with Gasteiger partial charge in [0.05, 0.1) is 10.9 Å². The predicted molar refractivity (Wildman–Crippen MR) is 121 cm³/mol. The van der Waals surface area contributed by atoms with Crippen LogP contribution in [0.3, 0.4) is 0 Å². The third-order valence-corrected chi connectivity index (χ3v) is 5.25. The molecule has 3 rings (SSSR count). The summed E-state index contributed by atoms with van der Waals surface area (Å²) < 4.78 is 29.4. The number of H-pyrrole nitrogens is 1. The van der Waals surface area contributed by atoms with Crippen LogP contribution in [-0.4, -0.2) is 51.1 Å². The molecule has 1 aromatic heterocycles. The summed E-state index contributed by atoms with van der Waals surface area (Å²) in [6.07, 6.45) is -1.01. The van der Waals surface area contributed by atoms with Crippen molar-refractivity contribution in [3.63, 3.8) is 0 Å². The standard InChI is InChI=1S/C23H22F2N4O6/c1-11-26-17-4-3-12(7-14(17)21(32)27-11)10-29(2)13-8-15(24)20(16(25)9-13)22(33)28-18(23(34)35)5-6-19(30)31/h3-4,7-9,18H,5-6,10H2,1-2H3,(H,28,33)(H,30,31)(H,34,35)(H,26,27,32)/t18-/m0/s1. The van der Waals surface area contributed by atoms with Crippen molar-refractivity contribution in [2.45, 2.75) is 32.4 Å². The average Bonchev–Trinajstić information content (AvgIpc) is 2.76. The monoisotopic (exact) mass is 488 g/mol. The lowest BCUT2D eigenvalue weighted by atomic mass is 10.1. The van der Waals surface area contributed by atoms with Crippen LogP contribution in [0.1, 0.15) is 34.6 Å². The van der Waals surface area contributed by atoms with E-state index in [1.807, 2.05) is 5.32 Å². The highest BCUT2D eigenvalue weighted by Gasteiger charge is 2.26. The molecule has 1 amide bonds. The first-order valence-corrected chi connectivity index (χ1v) is 10.4. The lowest BCUT2D eigenvalue weighted by Crippen LogP contribution is -2.41. The first kappa shape index (κ1) is 25.3. The van der Waals surface area contributed by atoms with Crippen molar-refractivity contribution in [1.29, 1.82) is 0 Å². The summed E-state index contributed by atoms with van der Waals surface area (Å²) in [5, 5.41) is 20.2. The number of halogens is 2. The fourth-order valence-electron chi connectivity index (χ4n) is 3.52. The fraction of sp³-hybridized carbons (Fsp3) is 0.261. The van der Waals surface area contributed by atoms with E-state index in [4.69, 9.17) is 10.2 Å². The second-order valence-corrected chi connectivity index (χ2v) is 7.94. The van der Waals surface area contributed by atoms with Crippen molar-refractivity contribution in [2.75, 3.05) is 11.9 Å². The van der Waals surface area contributed by atoms with Crippen molar-refractivity contribution in [2.24, 2.45) is 0 Å². The molecular formula is C23H22F2N4O6. The normalized spacial score (nSPS) is 11.8. The largest absolute Gasteiger partial charge is 0.481 e. The first-order chi connectivity index (χ1) is 16.5. The molecule has 12 heteroatoms. The van der Waals surface area contributed by atoms with Gasteiger partial charge in [-0.2, -0.15) is 0 Å². The Labute approximate surface area is 197 Å². The summed E-state index contributed by atoms with van der Waals surface area (Å²) in [4.78, 5) is 54.8. The molecule has 35 heavy (non-hydrogen) atoms. The van der Waals surface area contributed by atoms with E-state index in [0.29, 0.717) is 22.3 Å². The number of amides is 1. The number of carboxylic acid groups (broad SMARTS) is 2. The Balaban J connectivity index is 1.80. The molecule has 4 N–H and O–H groups in total. The molecule has 0 saturated carbocycles. The Morgan fingerprint density at radius 1 is 1.14 bits per heavy atom. The molecule has 2 aromatic carbocycles. The Morgan fingerprint density at radius 2 is 1.80 bits per heavy atom. The minimum absolute atomic E-state index is 0.0910. The SMILES string of the molecule is Cc1nc2ccc(CN(C)c3cc(F)c(C(=O)N[C@@H](CCC(=O)O)C(=O)O)c(F)c3)cc2c(=O)[nH]1. The number of rotatable bonds is 9. The molecule has 0 saturated heterocycles. The van der Waals surface area contributed by atoms with Crippen LogP contribution in [-0.2, 0) is 16.1 Å². The molecule has 184 valence electrons. The van der Waals surface area contributed by atoms with E-state index >= 15 is 0 Å². The zero-order valence-electron chi connectivity index (χ0n) is 18.8. The zero-order chi connectivity index (χ0) is 25.9. The highest BCUT2D eigenvalue weighted by molar-refractivity contribution is 5.97. The van der Waals surface area contributed by atoms with Crippen LogP contribution in [0.5, 0.6) is 0 Å². The lowest BCUT2D eigenvalue weighted by Gasteiger charge is -2.21. The summed E-state index contributed by atoms with van der Waals surface area (Å²) in [7, 11) is 1.56. The van der Waals surface area contributed by atoms with Crippen LogP contribution in [0.25, 0.3) is 10.9 Å². The number of aromatic amines is 1. The fourth-order valence-corrected chi connectivity index (χ4v) is 3.52. The van der Waals surface area contributed by atoms with Crippen molar-refractivity contribution >= 4 is 34.4 Å². The quantitative estimate of drug-likeness (QED) is 0.358. The number of aliphatic carboxylic acids is 2. The molecule has 0 aliphatic rings. The van der Waals surface area contributed by atoms with Crippen LogP contribution < -0.4 is 15.8 Å². The molecule has 0 spiro atoms. The number of carboxylic acids is 2. The van der Waals surface area contributed by atoms with E-state index in [1.165, 1.54) is 4.90 Å². The molecule has 0 radical (unpaired) electrons. The molecule has 1 atom stereocenters. The molecule has 0 aliphatic carbocycles. The summed E-state index contributed by atoms with van der Waals surface area (Å²) >= 11 is 0. The van der Waals surface area contributed by atoms with Gasteiger partial charge in [0.2, 0.25) is 0 Å². The summed E-state index contributed by atoms with van der Waals surface area (Å²) in [6.45, 7) is 1.83. The second-order valence-electron chi connectivity index (χ2n) is 7.94. The number of nitrogens with zero attached hydrogens (tertiary/aromatic N) is 2. The molecule has 3 aromatic rings. The van der Waals surface area contributed by atoms with Gasteiger partial charge in [0.1, 0.15) is 29.1 Å². The van der Waals surface area contributed by atoms with Crippen molar-refractivity contribution in [3.8, 4) is 0 Å². The van der Waals surface area contributed by atoms with Crippen LogP contribution in [0.4, 0.5) is 14.5 Å². The van der Waals surface area contributed by atoms with Crippen molar-refractivity contribution in [1.82, 2.24) is 15.3 Å². The number of nitrogens with one attached hydrogen (secondary N) is 2. The minimum atomic E-state index is -1.63. The van der Waals surface area contributed by atoms with Crippen LogP contribution in [0.2, 0.25) is 0 Å². The van der Waals surface area contributed by atoms with E-state index in [9.17, 15) is 28.0 Å². The molecule has 0 aliphatic heterocycles. The number of anilines is 1. The number of benzene rings is 2. The Hall–Kier alpha value is -4.35. The summed E-state index contributed by atoms with van der Waals surface area (Å²) in [5.41, 5.74) is -0.0298. The molecule has 0 bridgehead atoms. The number of carbonyl (C=O) groups excluding carboxylic acids is 1. The van der Waals surface area contributed by atoms with Gasteiger partial charge in [-0.1, -0.05) is 6.07 Å². The molecule has 0 fully saturated rings. The number of carbonyl (C=O) groups is 3. The highest BCUT2D eigenvalue weighted by atomic mass is 19.1. The van der Waals surface area contributed by atoms with Crippen LogP contribution >= 0.6 is 0 Å². The maximum Gasteiger partial charge on any atom is 0.326 e. The number of hydrogen-bond donors (Lipinski definition) is 4. The molecular weight excluding hydrogens is 466 g/mol. The van der Waals surface area contributed by atoms with Gasteiger partial charge in [-0.15, -0.1) is 0 Å².